The van der Waals surface area contributed by atoms with Crippen molar-refractivity contribution in [2.24, 2.45) is 0 Å². The van der Waals surface area contributed by atoms with Gasteiger partial charge in [-0.05, 0) is 36.6 Å². The maximum atomic E-state index is 11.3. The van der Waals surface area contributed by atoms with E-state index in [0.29, 0.717) is 6.42 Å². The van der Waals surface area contributed by atoms with E-state index < -0.39 is 0 Å². The van der Waals surface area contributed by atoms with Crippen molar-refractivity contribution in [1.82, 2.24) is 4.98 Å². The molecule has 0 N–H and O–H groups in total. The average Bonchev–Trinajstić information content (AvgIpc) is 3.15. The van der Waals surface area contributed by atoms with Gasteiger partial charge in [0.15, 0.2) is 11.6 Å². The number of pyridine rings is 1. The van der Waals surface area contributed by atoms with Gasteiger partial charge < -0.3 is 24.1 Å². The molecular formula is C23H31N3O3. The van der Waals surface area contributed by atoms with Gasteiger partial charge in [-0.25, -0.2) is 4.98 Å². The fourth-order valence-electron chi connectivity index (χ4n) is 3.85. The first kappa shape index (κ1) is 21.0. The van der Waals surface area contributed by atoms with E-state index in [-0.39, 0.29) is 17.8 Å². The Bertz CT molecular complexity index is 836. The Balaban J connectivity index is 1.65. The molecule has 1 fully saturated rings. The Labute approximate surface area is 173 Å². The minimum absolute atomic E-state index is 0.121. The zero-order valence-corrected chi connectivity index (χ0v) is 18.0. The average molecular weight is 398 g/mol. The fourth-order valence-corrected chi connectivity index (χ4v) is 3.85. The van der Waals surface area contributed by atoms with Crippen molar-refractivity contribution in [2.75, 3.05) is 44.1 Å². The van der Waals surface area contributed by atoms with Gasteiger partial charge in [0.05, 0.1) is 19.3 Å². The molecule has 156 valence electrons. The minimum Gasteiger partial charge on any atom is -0.491 e. The highest BCUT2D eigenvalue weighted by atomic mass is 16.5. The highest BCUT2D eigenvalue weighted by Crippen LogP contribution is 2.37. The van der Waals surface area contributed by atoms with E-state index >= 15 is 0 Å². The van der Waals surface area contributed by atoms with Gasteiger partial charge in [-0.15, -0.1) is 0 Å². The van der Waals surface area contributed by atoms with Crippen molar-refractivity contribution in [3.05, 3.63) is 42.1 Å². The van der Waals surface area contributed by atoms with Crippen LogP contribution in [-0.2, 0) is 4.79 Å². The molecule has 2 aromatic rings. The molecule has 3 rings (SSSR count). The van der Waals surface area contributed by atoms with Gasteiger partial charge in [-0.3, -0.25) is 0 Å². The molecule has 0 bridgehead atoms. The first-order chi connectivity index (χ1) is 13.9. The van der Waals surface area contributed by atoms with Crippen LogP contribution < -0.4 is 19.3 Å². The van der Waals surface area contributed by atoms with Crippen LogP contribution in [0.25, 0.3) is 0 Å². The number of carbonyl (C=O) groups is 1. The van der Waals surface area contributed by atoms with Crippen LogP contribution in [0.3, 0.4) is 0 Å². The highest BCUT2D eigenvalue weighted by molar-refractivity contribution is 5.76. The molecule has 0 saturated carbocycles. The van der Waals surface area contributed by atoms with Crippen LogP contribution in [0.5, 0.6) is 11.5 Å². The van der Waals surface area contributed by atoms with Gasteiger partial charge in [0.1, 0.15) is 17.6 Å². The summed E-state index contributed by atoms with van der Waals surface area (Å²) in [6, 6.07) is 10.1. The predicted molar refractivity (Wildman–Crippen MR) is 117 cm³/mol. The lowest BCUT2D eigenvalue weighted by molar-refractivity contribution is -0.117. The topological polar surface area (TPSA) is 54.9 Å². The van der Waals surface area contributed by atoms with Crippen LogP contribution in [0.1, 0.15) is 38.2 Å². The maximum Gasteiger partial charge on any atom is 0.184 e. The number of nitrogens with zero attached hydrogens (tertiary/aromatic N) is 3. The van der Waals surface area contributed by atoms with Gasteiger partial charge in [0.2, 0.25) is 0 Å². The summed E-state index contributed by atoms with van der Waals surface area (Å²) >= 11 is 0. The van der Waals surface area contributed by atoms with E-state index in [1.54, 1.807) is 14.0 Å². The lowest BCUT2D eigenvalue weighted by Gasteiger charge is -2.24. The molecule has 2 heterocycles. The molecule has 2 atom stereocenters. The summed E-state index contributed by atoms with van der Waals surface area (Å²) in [6.07, 6.45) is 3.46. The SMILES string of the molecule is COc1c(N2CC[C@@H](Oc3ccc([C@H](C)CC(C)=O)cc3)C2)ccnc1N(C)C. The number of methoxy groups -OCH3 is 1. The first-order valence-corrected chi connectivity index (χ1v) is 10.1. The zero-order valence-electron chi connectivity index (χ0n) is 18.0. The van der Waals surface area contributed by atoms with Crippen molar-refractivity contribution in [2.45, 2.75) is 38.7 Å². The lowest BCUT2D eigenvalue weighted by Crippen LogP contribution is -2.25. The summed E-state index contributed by atoms with van der Waals surface area (Å²) in [5.74, 6) is 2.93. The Morgan fingerprint density at radius 2 is 2.00 bits per heavy atom. The number of aromatic nitrogens is 1. The molecule has 0 radical (unpaired) electrons. The van der Waals surface area contributed by atoms with Gasteiger partial charge >= 0.3 is 0 Å². The minimum atomic E-state index is 0.121. The summed E-state index contributed by atoms with van der Waals surface area (Å²) in [6.45, 7) is 5.43. The van der Waals surface area contributed by atoms with Crippen molar-refractivity contribution < 1.29 is 14.3 Å². The molecule has 1 aliphatic heterocycles. The van der Waals surface area contributed by atoms with E-state index in [9.17, 15) is 4.79 Å². The Kier molecular flexibility index (Phi) is 6.62. The molecule has 6 heteroatoms. The summed E-state index contributed by atoms with van der Waals surface area (Å²) in [5.41, 5.74) is 2.21. The molecule has 0 unspecified atom stereocenters. The number of ketones is 1. The number of Topliss-reactive ketones (excluding diaryl/α,β-unsaturated/α-hetero) is 1. The standard InChI is InChI=1S/C23H31N3O3/c1-16(14-17(2)27)18-6-8-19(9-7-18)29-20-11-13-26(15-20)21-10-12-24-23(25(3)4)22(21)28-5/h6-10,12,16,20H,11,13-15H2,1-5H3/t16-,20-/m1/s1. The van der Waals surface area contributed by atoms with Crippen LogP contribution >= 0.6 is 0 Å². The molecule has 1 saturated heterocycles. The molecule has 29 heavy (non-hydrogen) atoms. The van der Waals surface area contributed by atoms with Crippen molar-refractivity contribution >= 4 is 17.3 Å². The van der Waals surface area contributed by atoms with Gasteiger partial charge in [-0.2, -0.15) is 0 Å². The number of hydrogen-bond donors (Lipinski definition) is 0. The van der Waals surface area contributed by atoms with Crippen LogP contribution in [0.15, 0.2) is 36.5 Å². The zero-order chi connectivity index (χ0) is 21.0. The summed E-state index contributed by atoms with van der Waals surface area (Å²) < 4.78 is 11.9. The second-order valence-electron chi connectivity index (χ2n) is 7.93. The number of anilines is 2. The smallest absolute Gasteiger partial charge is 0.184 e. The first-order valence-electron chi connectivity index (χ1n) is 10.1. The van der Waals surface area contributed by atoms with Crippen LogP contribution in [0.4, 0.5) is 11.5 Å². The number of carbonyl (C=O) groups excluding carboxylic acids is 1. The Hall–Kier alpha value is -2.76. The van der Waals surface area contributed by atoms with E-state index in [2.05, 4.69) is 28.9 Å². The molecule has 6 nitrogen and oxygen atoms in total. The Morgan fingerprint density at radius 1 is 1.28 bits per heavy atom. The predicted octanol–water partition coefficient (Wildman–Crippen LogP) is 3.90. The van der Waals surface area contributed by atoms with E-state index in [1.807, 2.05) is 43.4 Å². The second-order valence-corrected chi connectivity index (χ2v) is 7.93. The van der Waals surface area contributed by atoms with Crippen LogP contribution in [-0.4, -0.2) is 51.2 Å². The molecule has 0 aliphatic carbocycles. The van der Waals surface area contributed by atoms with Crippen LogP contribution in [0, 0.1) is 0 Å². The van der Waals surface area contributed by atoms with Gasteiger partial charge in [0.25, 0.3) is 0 Å². The molecule has 1 aliphatic rings. The largest absolute Gasteiger partial charge is 0.491 e. The summed E-state index contributed by atoms with van der Waals surface area (Å²) in [5, 5.41) is 0. The highest BCUT2D eigenvalue weighted by Gasteiger charge is 2.27. The van der Waals surface area contributed by atoms with E-state index in [1.165, 1.54) is 5.56 Å². The monoisotopic (exact) mass is 397 g/mol. The molecule has 0 spiro atoms. The molecule has 0 amide bonds. The number of benzene rings is 1. The quantitative estimate of drug-likeness (QED) is 0.673. The fraction of sp³-hybridized carbons (Fsp3) is 0.478. The van der Waals surface area contributed by atoms with E-state index in [0.717, 1.165) is 42.5 Å². The lowest BCUT2D eigenvalue weighted by atomic mass is 9.96. The normalized spacial score (nSPS) is 17.1. The third kappa shape index (κ3) is 5.00. The van der Waals surface area contributed by atoms with E-state index in [4.69, 9.17) is 9.47 Å². The Morgan fingerprint density at radius 3 is 2.62 bits per heavy atom. The van der Waals surface area contributed by atoms with Crippen molar-refractivity contribution in [3.63, 3.8) is 0 Å². The summed E-state index contributed by atoms with van der Waals surface area (Å²) in [7, 11) is 5.61. The number of rotatable bonds is 8. The second kappa shape index (κ2) is 9.16. The molecule has 1 aromatic heterocycles. The number of ether oxygens (including phenoxy) is 2. The van der Waals surface area contributed by atoms with Gasteiger partial charge in [0, 0.05) is 39.7 Å². The third-order valence-electron chi connectivity index (χ3n) is 5.32. The van der Waals surface area contributed by atoms with Crippen molar-refractivity contribution in [3.8, 4) is 11.5 Å². The molecular weight excluding hydrogens is 366 g/mol. The van der Waals surface area contributed by atoms with Gasteiger partial charge in [-0.1, -0.05) is 19.1 Å². The number of hydrogen-bond acceptors (Lipinski definition) is 6. The molecule has 1 aromatic carbocycles. The van der Waals surface area contributed by atoms with Crippen LogP contribution in [0.2, 0.25) is 0 Å². The maximum absolute atomic E-state index is 11.3. The summed E-state index contributed by atoms with van der Waals surface area (Å²) in [4.78, 5) is 20.0. The third-order valence-corrected chi connectivity index (χ3v) is 5.32. The van der Waals surface area contributed by atoms with Crippen molar-refractivity contribution in [1.29, 1.82) is 0 Å².